The summed E-state index contributed by atoms with van der Waals surface area (Å²) in [7, 11) is 2.99. The number of nitrogens with zero attached hydrogens (tertiary/aromatic N) is 1. The maximum absolute atomic E-state index is 12.5. The molecule has 7 heteroatoms. The lowest BCUT2D eigenvalue weighted by Crippen LogP contribution is -2.34. The molecule has 1 unspecified atom stereocenters. The molecular formula is C20H21ClN2O4. The van der Waals surface area contributed by atoms with Crippen LogP contribution in [0.4, 0.5) is 5.69 Å². The van der Waals surface area contributed by atoms with Crippen LogP contribution in [0.15, 0.2) is 42.5 Å². The molecule has 1 fully saturated rings. The fraction of sp³-hybridized carbons (Fsp3) is 0.300. The van der Waals surface area contributed by atoms with Gasteiger partial charge < -0.3 is 19.7 Å². The lowest BCUT2D eigenvalue weighted by molar-refractivity contribution is -0.131. The van der Waals surface area contributed by atoms with E-state index >= 15 is 0 Å². The number of rotatable bonds is 6. The van der Waals surface area contributed by atoms with Crippen molar-refractivity contribution in [2.75, 3.05) is 32.6 Å². The SMILES string of the molecule is COc1cc(OC)c(NC(=O)CN2CC(c3ccccc3)CC2=O)cc1Cl. The number of ether oxygens (including phenoxy) is 2. The van der Waals surface area contributed by atoms with Gasteiger partial charge in [0.1, 0.15) is 11.5 Å². The summed E-state index contributed by atoms with van der Waals surface area (Å²) in [6.45, 7) is 0.506. The van der Waals surface area contributed by atoms with Gasteiger partial charge in [0.15, 0.2) is 0 Å². The monoisotopic (exact) mass is 388 g/mol. The van der Waals surface area contributed by atoms with E-state index in [2.05, 4.69) is 5.32 Å². The highest BCUT2D eigenvalue weighted by atomic mass is 35.5. The molecular weight excluding hydrogens is 368 g/mol. The molecule has 0 aliphatic carbocycles. The van der Waals surface area contributed by atoms with Crippen molar-refractivity contribution in [3.05, 3.63) is 53.1 Å². The molecule has 1 saturated heterocycles. The second-order valence-corrected chi connectivity index (χ2v) is 6.73. The summed E-state index contributed by atoms with van der Waals surface area (Å²) in [5.74, 6) is 0.651. The van der Waals surface area contributed by atoms with Crippen LogP contribution < -0.4 is 14.8 Å². The molecule has 0 radical (unpaired) electrons. The minimum atomic E-state index is -0.309. The van der Waals surface area contributed by atoms with Gasteiger partial charge in [0, 0.05) is 24.9 Å². The van der Waals surface area contributed by atoms with Gasteiger partial charge in [-0.05, 0) is 11.6 Å². The zero-order valence-electron chi connectivity index (χ0n) is 15.2. The van der Waals surface area contributed by atoms with Crippen LogP contribution >= 0.6 is 11.6 Å². The molecule has 1 atom stereocenters. The number of nitrogens with one attached hydrogen (secondary N) is 1. The van der Waals surface area contributed by atoms with Crippen molar-refractivity contribution in [2.45, 2.75) is 12.3 Å². The van der Waals surface area contributed by atoms with E-state index in [4.69, 9.17) is 21.1 Å². The summed E-state index contributed by atoms with van der Waals surface area (Å²) in [5.41, 5.74) is 1.54. The maximum atomic E-state index is 12.5. The fourth-order valence-electron chi connectivity index (χ4n) is 3.19. The van der Waals surface area contributed by atoms with Crippen LogP contribution in [0.3, 0.4) is 0 Å². The van der Waals surface area contributed by atoms with Gasteiger partial charge in [-0.1, -0.05) is 41.9 Å². The van der Waals surface area contributed by atoms with E-state index in [9.17, 15) is 9.59 Å². The van der Waals surface area contributed by atoms with Crippen LogP contribution in [-0.2, 0) is 9.59 Å². The summed E-state index contributed by atoms with van der Waals surface area (Å²) in [6, 6.07) is 13.0. The van der Waals surface area contributed by atoms with Crippen LogP contribution in [0.25, 0.3) is 0 Å². The third-order valence-electron chi connectivity index (χ3n) is 4.57. The molecule has 1 N–H and O–H groups in total. The molecule has 0 saturated carbocycles. The Bertz CT molecular complexity index is 841. The van der Waals surface area contributed by atoms with E-state index in [1.807, 2.05) is 30.3 Å². The summed E-state index contributed by atoms with van der Waals surface area (Å²) in [6.07, 6.45) is 0.412. The first-order valence-electron chi connectivity index (χ1n) is 8.56. The number of carbonyl (C=O) groups is 2. The van der Waals surface area contributed by atoms with Gasteiger partial charge in [-0.3, -0.25) is 9.59 Å². The van der Waals surface area contributed by atoms with Crippen molar-refractivity contribution in [1.29, 1.82) is 0 Å². The number of benzene rings is 2. The Kier molecular flexibility index (Phi) is 5.86. The molecule has 0 aromatic heterocycles. The first kappa shape index (κ1) is 19.0. The Balaban J connectivity index is 1.66. The van der Waals surface area contributed by atoms with E-state index in [1.165, 1.54) is 14.2 Å². The first-order valence-corrected chi connectivity index (χ1v) is 8.93. The Morgan fingerprint density at radius 2 is 1.89 bits per heavy atom. The summed E-state index contributed by atoms with van der Waals surface area (Å²) in [5, 5.41) is 3.11. The van der Waals surface area contributed by atoms with Gasteiger partial charge in [0.2, 0.25) is 11.8 Å². The Morgan fingerprint density at radius 1 is 1.19 bits per heavy atom. The van der Waals surface area contributed by atoms with Gasteiger partial charge in [0.05, 0.1) is 31.5 Å². The summed E-state index contributed by atoms with van der Waals surface area (Å²) in [4.78, 5) is 26.3. The summed E-state index contributed by atoms with van der Waals surface area (Å²) < 4.78 is 10.4. The first-order chi connectivity index (χ1) is 13.0. The molecule has 27 heavy (non-hydrogen) atoms. The van der Waals surface area contributed by atoms with Gasteiger partial charge in [-0.2, -0.15) is 0 Å². The van der Waals surface area contributed by atoms with E-state index in [0.29, 0.717) is 35.2 Å². The lowest BCUT2D eigenvalue weighted by Gasteiger charge is -2.18. The van der Waals surface area contributed by atoms with Crippen molar-refractivity contribution in [3.8, 4) is 11.5 Å². The second-order valence-electron chi connectivity index (χ2n) is 6.32. The Morgan fingerprint density at radius 3 is 2.56 bits per heavy atom. The number of hydrogen-bond acceptors (Lipinski definition) is 4. The quantitative estimate of drug-likeness (QED) is 0.824. The molecule has 1 aliphatic rings. The molecule has 2 aromatic rings. The third-order valence-corrected chi connectivity index (χ3v) is 4.86. The largest absolute Gasteiger partial charge is 0.495 e. The normalized spacial score (nSPS) is 16.3. The highest BCUT2D eigenvalue weighted by Gasteiger charge is 2.31. The number of halogens is 1. The van der Waals surface area contributed by atoms with E-state index in [0.717, 1.165) is 5.56 Å². The zero-order chi connectivity index (χ0) is 19.4. The third kappa shape index (κ3) is 4.34. The second kappa shape index (κ2) is 8.31. The highest BCUT2D eigenvalue weighted by molar-refractivity contribution is 6.32. The number of carbonyl (C=O) groups excluding carboxylic acids is 2. The van der Waals surface area contributed by atoms with Gasteiger partial charge in [-0.25, -0.2) is 0 Å². The average Bonchev–Trinajstić information content (AvgIpc) is 3.03. The van der Waals surface area contributed by atoms with Crippen molar-refractivity contribution < 1.29 is 19.1 Å². The lowest BCUT2D eigenvalue weighted by atomic mass is 9.99. The maximum Gasteiger partial charge on any atom is 0.244 e. The predicted molar refractivity (Wildman–Crippen MR) is 104 cm³/mol. The predicted octanol–water partition coefficient (Wildman–Crippen LogP) is 3.31. The van der Waals surface area contributed by atoms with Gasteiger partial charge in [-0.15, -0.1) is 0 Å². The highest BCUT2D eigenvalue weighted by Crippen LogP contribution is 2.36. The molecule has 2 aromatic carbocycles. The Hall–Kier alpha value is -2.73. The van der Waals surface area contributed by atoms with Crippen LogP contribution in [0.2, 0.25) is 5.02 Å². The number of hydrogen-bond donors (Lipinski definition) is 1. The number of anilines is 1. The standard InChI is InChI=1S/C20H21ClN2O4/c1-26-17-10-18(27-2)16(9-15(17)21)22-19(24)12-23-11-14(8-20(23)25)13-6-4-3-5-7-13/h3-7,9-10,14H,8,11-12H2,1-2H3,(H,22,24). The van der Waals surface area contributed by atoms with Crippen molar-refractivity contribution in [3.63, 3.8) is 0 Å². The molecule has 1 aliphatic heterocycles. The number of methoxy groups -OCH3 is 2. The van der Waals surface area contributed by atoms with Crippen LogP contribution in [0, 0.1) is 0 Å². The van der Waals surface area contributed by atoms with Gasteiger partial charge in [0.25, 0.3) is 0 Å². The molecule has 2 amide bonds. The van der Waals surface area contributed by atoms with Crippen molar-refractivity contribution >= 4 is 29.1 Å². The molecule has 3 rings (SSSR count). The van der Waals surface area contributed by atoms with E-state index < -0.39 is 0 Å². The van der Waals surface area contributed by atoms with E-state index in [-0.39, 0.29) is 24.3 Å². The smallest absolute Gasteiger partial charge is 0.244 e. The Labute approximate surface area is 163 Å². The topological polar surface area (TPSA) is 67.9 Å². The minimum Gasteiger partial charge on any atom is -0.495 e. The average molecular weight is 389 g/mol. The molecule has 1 heterocycles. The molecule has 142 valence electrons. The van der Waals surface area contributed by atoms with Crippen molar-refractivity contribution in [2.24, 2.45) is 0 Å². The zero-order valence-corrected chi connectivity index (χ0v) is 16.0. The molecule has 6 nitrogen and oxygen atoms in total. The van der Waals surface area contributed by atoms with E-state index in [1.54, 1.807) is 17.0 Å². The molecule has 0 bridgehead atoms. The minimum absolute atomic E-state index is 0.0189. The fourth-order valence-corrected chi connectivity index (χ4v) is 3.44. The van der Waals surface area contributed by atoms with Gasteiger partial charge >= 0.3 is 0 Å². The number of likely N-dealkylation sites (tertiary alicyclic amines) is 1. The number of amides is 2. The van der Waals surface area contributed by atoms with Crippen LogP contribution in [0.5, 0.6) is 11.5 Å². The van der Waals surface area contributed by atoms with Crippen LogP contribution in [0.1, 0.15) is 17.9 Å². The van der Waals surface area contributed by atoms with Crippen LogP contribution in [-0.4, -0.2) is 44.0 Å². The molecule has 0 spiro atoms. The summed E-state index contributed by atoms with van der Waals surface area (Å²) >= 11 is 6.13. The van der Waals surface area contributed by atoms with Crippen molar-refractivity contribution in [1.82, 2.24) is 4.90 Å².